The summed E-state index contributed by atoms with van der Waals surface area (Å²) in [5.41, 5.74) is 3.09. The van der Waals surface area contributed by atoms with Crippen LogP contribution in [0.2, 0.25) is 0 Å². The zero-order chi connectivity index (χ0) is 15.9. The molecule has 0 fully saturated rings. The topological polar surface area (TPSA) is 106 Å². The van der Waals surface area contributed by atoms with Gasteiger partial charge >= 0.3 is 0 Å². The quantitative estimate of drug-likeness (QED) is 0.268. The van der Waals surface area contributed by atoms with Crippen LogP contribution in [0.1, 0.15) is 15.9 Å². The van der Waals surface area contributed by atoms with Crippen LogP contribution in [0.25, 0.3) is 0 Å². The highest BCUT2D eigenvalue weighted by Crippen LogP contribution is 2.20. The summed E-state index contributed by atoms with van der Waals surface area (Å²) in [6.45, 7) is 0.375. The van der Waals surface area contributed by atoms with E-state index < -0.39 is 5.91 Å². The van der Waals surface area contributed by atoms with Gasteiger partial charge < -0.3 is 27.7 Å². The Balaban J connectivity index is 0.00000264. The van der Waals surface area contributed by atoms with Crippen LogP contribution < -0.4 is 22.4 Å². The van der Waals surface area contributed by atoms with Crippen molar-refractivity contribution < 1.29 is 37.1 Å². The summed E-state index contributed by atoms with van der Waals surface area (Å²) in [7, 11) is 0. The van der Waals surface area contributed by atoms with Crippen molar-refractivity contribution in [2.75, 3.05) is 6.61 Å². The third-order valence-electron chi connectivity index (χ3n) is 2.86. The lowest BCUT2D eigenvalue weighted by atomic mass is 10.2. The van der Waals surface area contributed by atoms with Crippen LogP contribution in [-0.4, -0.2) is 34.0 Å². The number of amides is 1. The van der Waals surface area contributed by atoms with Crippen molar-refractivity contribution in [3.8, 4) is 11.5 Å². The zero-order valence-electron chi connectivity index (χ0n) is 12.1. The zero-order valence-corrected chi connectivity index (χ0v) is 12.8. The first-order valence-electron chi connectivity index (χ1n) is 6.55. The molecule has 8 heteroatoms. The number of carbonyl (C=O) groups excluding carboxylic acids is 1. The number of pyridine rings is 1. The highest BCUT2D eigenvalue weighted by molar-refractivity contribution is 5.94. The molecule has 1 heterocycles. The maximum Gasteiger partial charge on any atom is 0.277 e. The molecule has 0 unspecified atom stereocenters. The summed E-state index contributed by atoms with van der Waals surface area (Å²) < 4.78 is 1.68. The number of carbonyl (C=O) groups is 1. The van der Waals surface area contributed by atoms with E-state index in [4.69, 9.17) is 5.11 Å². The number of halogens is 1. The number of rotatable bonds is 5. The molecule has 0 aliphatic heterocycles. The third-order valence-corrected chi connectivity index (χ3v) is 2.86. The Kier molecular flexibility index (Phi) is 6.98. The number of nitrogens with one attached hydrogen (secondary N) is 1. The minimum Gasteiger partial charge on any atom is -1.00 e. The standard InChI is InChI=1S/C15H15N3O4.ClH/c19-7-6-18-5-1-2-12(10-18)15(22)17-16-9-11-3-4-13(20)8-14(11)21;/h1-5,8-10,19H,6-7H2,(H2-,16,17,20,21,22);1H. The molecule has 0 saturated heterocycles. The summed E-state index contributed by atoms with van der Waals surface area (Å²) in [4.78, 5) is 11.9. The molecule has 0 radical (unpaired) electrons. The van der Waals surface area contributed by atoms with Crippen LogP contribution in [0, 0.1) is 0 Å². The lowest BCUT2D eigenvalue weighted by Gasteiger charge is -2.01. The SMILES string of the molecule is O=C(N/N=C/c1ccc(O)cc1O)c1ccc[n+](CCO)c1.[Cl-]. The van der Waals surface area contributed by atoms with Crippen LogP contribution in [0.4, 0.5) is 0 Å². The summed E-state index contributed by atoms with van der Waals surface area (Å²) >= 11 is 0. The van der Waals surface area contributed by atoms with Gasteiger partial charge in [-0.3, -0.25) is 4.79 Å². The number of hydrazone groups is 1. The second kappa shape index (κ2) is 8.72. The molecule has 7 nitrogen and oxygen atoms in total. The normalized spacial score (nSPS) is 10.3. The minimum absolute atomic E-state index is 0. The van der Waals surface area contributed by atoms with Gasteiger partial charge in [-0.05, 0) is 18.2 Å². The van der Waals surface area contributed by atoms with E-state index in [9.17, 15) is 15.0 Å². The highest BCUT2D eigenvalue weighted by atomic mass is 35.5. The molecule has 2 aromatic rings. The average molecular weight is 338 g/mol. The van der Waals surface area contributed by atoms with Crippen molar-refractivity contribution in [2.45, 2.75) is 6.54 Å². The molecule has 0 spiro atoms. The van der Waals surface area contributed by atoms with E-state index in [-0.39, 0.29) is 30.5 Å². The molecular formula is C15H16ClN3O4. The Labute approximate surface area is 138 Å². The monoisotopic (exact) mass is 337 g/mol. The first-order chi connectivity index (χ1) is 10.6. The van der Waals surface area contributed by atoms with Crippen molar-refractivity contribution >= 4 is 12.1 Å². The van der Waals surface area contributed by atoms with Crippen molar-refractivity contribution in [1.29, 1.82) is 0 Å². The Hall–Kier alpha value is -2.64. The van der Waals surface area contributed by atoms with Crippen molar-refractivity contribution in [2.24, 2.45) is 5.10 Å². The molecule has 0 bridgehead atoms. The van der Waals surface area contributed by atoms with Gasteiger partial charge in [-0.25, -0.2) is 9.99 Å². The van der Waals surface area contributed by atoms with Crippen molar-refractivity contribution in [1.82, 2.24) is 5.43 Å². The number of phenolic OH excluding ortho intramolecular Hbond substituents is 2. The number of phenols is 2. The van der Waals surface area contributed by atoms with E-state index in [2.05, 4.69) is 10.5 Å². The molecule has 0 saturated carbocycles. The Morgan fingerprint density at radius 3 is 2.78 bits per heavy atom. The number of hydrogen-bond acceptors (Lipinski definition) is 5. The first-order valence-corrected chi connectivity index (χ1v) is 6.55. The van der Waals surface area contributed by atoms with Crippen LogP contribution >= 0.6 is 0 Å². The van der Waals surface area contributed by atoms with Crippen LogP contribution in [0.15, 0.2) is 47.8 Å². The maximum absolute atomic E-state index is 11.9. The molecule has 4 N–H and O–H groups in total. The van der Waals surface area contributed by atoms with Gasteiger partial charge in [0.05, 0.1) is 6.21 Å². The van der Waals surface area contributed by atoms with E-state index in [1.165, 1.54) is 24.4 Å². The highest BCUT2D eigenvalue weighted by Gasteiger charge is 2.09. The third kappa shape index (κ3) is 5.24. The minimum atomic E-state index is -0.415. The first kappa shape index (κ1) is 18.4. The number of benzene rings is 1. The molecule has 2 rings (SSSR count). The number of aliphatic hydroxyl groups excluding tert-OH is 1. The average Bonchev–Trinajstić information content (AvgIpc) is 2.50. The Morgan fingerprint density at radius 1 is 1.30 bits per heavy atom. The summed E-state index contributed by atoms with van der Waals surface area (Å²) in [5, 5.41) is 31.4. The molecule has 0 aliphatic rings. The van der Waals surface area contributed by atoms with E-state index in [1.807, 2.05) is 0 Å². The number of aliphatic hydroxyl groups is 1. The summed E-state index contributed by atoms with van der Waals surface area (Å²) in [6, 6.07) is 7.37. The van der Waals surface area contributed by atoms with Crippen molar-refractivity contribution in [3.05, 3.63) is 53.9 Å². The number of nitrogens with zero attached hydrogens (tertiary/aromatic N) is 2. The molecule has 0 atom stereocenters. The Morgan fingerprint density at radius 2 is 2.09 bits per heavy atom. The fourth-order valence-electron chi connectivity index (χ4n) is 1.78. The Bertz CT molecular complexity index is 707. The predicted octanol–water partition coefficient (Wildman–Crippen LogP) is -2.85. The summed E-state index contributed by atoms with van der Waals surface area (Å²) in [6.07, 6.45) is 4.61. The van der Waals surface area contributed by atoms with Gasteiger partial charge in [-0.2, -0.15) is 5.10 Å². The molecule has 122 valence electrons. The summed E-state index contributed by atoms with van der Waals surface area (Å²) in [5.74, 6) is -0.614. The molecule has 1 aromatic heterocycles. The van der Waals surface area contributed by atoms with Crippen molar-refractivity contribution in [3.63, 3.8) is 0 Å². The van der Waals surface area contributed by atoms with E-state index in [1.54, 1.807) is 29.1 Å². The second-order valence-electron chi connectivity index (χ2n) is 4.50. The smallest absolute Gasteiger partial charge is 0.277 e. The molecular weight excluding hydrogens is 322 g/mol. The second-order valence-corrected chi connectivity index (χ2v) is 4.50. The van der Waals surface area contributed by atoms with Gasteiger partial charge in [-0.1, -0.05) is 0 Å². The van der Waals surface area contributed by atoms with Gasteiger partial charge in [0, 0.05) is 17.7 Å². The van der Waals surface area contributed by atoms with E-state index >= 15 is 0 Å². The van der Waals surface area contributed by atoms with Gasteiger partial charge in [0.2, 0.25) is 0 Å². The molecule has 0 aliphatic carbocycles. The van der Waals surface area contributed by atoms with E-state index in [0.29, 0.717) is 17.7 Å². The number of aromatic hydroxyl groups is 2. The van der Waals surface area contributed by atoms with Crippen LogP contribution in [0.5, 0.6) is 11.5 Å². The van der Waals surface area contributed by atoms with E-state index in [0.717, 1.165) is 0 Å². The largest absolute Gasteiger partial charge is 1.00 e. The number of hydrogen-bond donors (Lipinski definition) is 4. The van der Waals surface area contributed by atoms with Gasteiger partial charge in [0.1, 0.15) is 23.7 Å². The fourth-order valence-corrected chi connectivity index (χ4v) is 1.78. The van der Waals surface area contributed by atoms with Crippen LogP contribution in [0.3, 0.4) is 0 Å². The predicted molar refractivity (Wildman–Crippen MR) is 78.6 cm³/mol. The lowest BCUT2D eigenvalue weighted by molar-refractivity contribution is -0.698. The maximum atomic E-state index is 11.9. The fraction of sp³-hybridized carbons (Fsp3) is 0.133. The molecule has 1 amide bonds. The van der Waals surface area contributed by atoms with Gasteiger partial charge in [-0.15, -0.1) is 0 Å². The molecule has 1 aromatic carbocycles. The van der Waals surface area contributed by atoms with Gasteiger partial charge in [0.25, 0.3) is 5.91 Å². The van der Waals surface area contributed by atoms with Gasteiger partial charge in [0.15, 0.2) is 18.9 Å². The molecule has 23 heavy (non-hydrogen) atoms. The van der Waals surface area contributed by atoms with Crippen LogP contribution in [-0.2, 0) is 6.54 Å². The lowest BCUT2D eigenvalue weighted by Crippen LogP contribution is -3.00. The number of aromatic nitrogens is 1.